The molecule has 9 heteroatoms. The van der Waals surface area contributed by atoms with E-state index in [1.165, 1.54) is 6.07 Å². The molecule has 0 saturated carbocycles. The second kappa shape index (κ2) is 9.46. The number of nitrogens with zero attached hydrogens (tertiary/aromatic N) is 2. The number of amides is 1. The highest BCUT2D eigenvalue weighted by molar-refractivity contribution is 6.42. The summed E-state index contributed by atoms with van der Waals surface area (Å²) in [6.45, 7) is 0.444. The highest BCUT2D eigenvalue weighted by atomic mass is 35.5. The first-order valence-electron chi connectivity index (χ1n) is 10.8. The maximum Gasteiger partial charge on any atom is 0.273 e. The molecule has 4 aromatic rings. The molecule has 6 nitrogen and oxygen atoms in total. The second-order valence-electron chi connectivity index (χ2n) is 8.20. The van der Waals surface area contributed by atoms with E-state index in [1.54, 1.807) is 36.3 Å². The molecule has 0 bridgehead atoms. The molecule has 35 heavy (non-hydrogen) atoms. The third kappa shape index (κ3) is 4.33. The first-order valence-corrected chi connectivity index (χ1v) is 12.0. The highest BCUT2D eigenvalue weighted by Crippen LogP contribution is 2.45. The number of H-pyrrole nitrogens is 1. The first-order chi connectivity index (χ1) is 16.9. The number of hydrogen-bond acceptors (Lipinski definition) is 4. The molecule has 2 N–H and O–H groups in total. The van der Waals surface area contributed by atoms with Gasteiger partial charge in [-0.25, -0.2) is 0 Å². The van der Waals surface area contributed by atoms with Crippen LogP contribution in [-0.2, 0) is 6.42 Å². The van der Waals surface area contributed by atoms with Gasteiger partial charge in [0.15, 0.2) is 0 Å². The highest BCUT2D eigenvalue weighted by Gasteiger charge is 2.42. The van der Waals surface area contributed by atoms with Crippen LogP contribution in [0.15, 0.2) is 60.7 Å². The van der Waals surface area contributed by atoms with Gasteiger partial charge in [0, 0.05) is 22.7 Å². The van der Waals surface area contributed by atoms with Gasteiger partial charge >= 0.3 is 0 Å². The molecule has 0 saturated heterocycles. The molecule has 2 heterocycles. The number of fused-ring (bicyclic) bond motifs is 1. The van der Waals surface area contributed by atoms with Crippen molar-refractivity contribution in [1.29, 1.82) is 0 Å². The number of benzene rings is 3. The first kappa shape index (κ1) is 23.5. The molecule has 1 aliphatic rings. The lowest BCUT2D eigenvalue weighted by atomic mass is 9.95. The van der Waals surface area contributed by atoms with Crippen molar-refractivity contribution in [2.75, 3.05) is 13.7 Å². The molecule has 1 unspecified atom stereocenters. The molecule has 5 rings (SSSR count). The van der Waals surface area contributed by atoms with Gasteiger partial charge in [0.2, 0.25) is 0 Å². The van der Waals surface area contributed by atoms with Crippen LogP contribution in [0.3, 0.4) is 0 Å². The summed E-state index contributed by atoms with van der Waals surface area (Å²) in [5, 5.41) is 19.1. The van der Waals surface area contributed by atoms with Gasteiger partial charge in [-0.05, 0) is 60.0 Å². The summed E-state index contributed by atoms with van der Waals surface area (Å²) in [6, 6.07) is 17.3. The zero-order chi connectivity index (χ0) is 24.7. The predicted octanol–water partition coefficient (Wildman–Crippen LogP) is 6.54. The van der Waals surface area contributed by atoms with Crippen LogP contribution in [0.1, 0.15) is 33.2 Å². The van der Waals surface area contributed by atoms with E-state index in [-0.39, 0.29) is 11.7 Å². The summed E-state index contributed by atoms with van der Waals surface area (Å²) < 4.78 is 5.24. The number of aromatic hydroxyl groups is 1. The molecule has 178 valence electrons. The smallest absolute Gasteiger partial charge is 0.273 e. The number of aromatic amines is 1. The number of carbonyl (C=O) groups excluding carboxylic acids is 1. The van der Waals surface area contributed by atoms with Crippen LogP contribution < -0.4 is 4.74 Å². The predicted molar refractivity (Wildman–Crippen MR) is 137 cm³/mol. The van der Waals surface area contributed by atoms with Crippen molar-refractivity contribution in [3.63, 3.8) is 0 Å². The normalized spacial score (nSPS) is 14.9. The van der Waals surface area contributed by atoms with Crippen LogP contribution in [-0.4, -0.2) is 39.8 Å². The fourth-order valence-corrected chi connectivity index (χ4v) is 4.88. The Bertz CT molecular complexity index is 1420. The van der Waals surface area contributed by atoms with Crippen LogP contribution in [0, 0.1) is 0 Å². The Morgan fingerprint density at radius 2 is 1.80 bits per heavy atom. The lowest BCUT2D eigenvalue weighted by Crippen LogP contribution is -2.31. The van der Waals surface area contributed by atoms with Crippen LogP contribution in [0.25, 0.3) is 11.3 Å². The van der Waals surface area contributed by atoms with Crippen LogP contribution in [0.2, 0.25) is 15.1 Å². The third-order valence-electron chi connectivity index (χ3n) is 6.14. The Morgan fingerprint density at radius 1 is 1.03 bits per heavy atom. The van der Waals surface area contributed by atoms with Gasteiger partial charge in [-0.15, -0.1) is 0 Å². The lowest BCUT2D eigenvalue weighted by Gasteiger charge is -2.27. The minimum absolute atomic E-state index is 0.0146. The van der Waals surface area contributed by atoms with E-state index in [9.17, 15) is 9.90 Å². The number of methoxy groups -OCH3 is 1. The van der Waals surface area contributed by atoms with Crippen molar-refractivity contribution >= 4 is 40.7 Å². The zero-order valence-corrected chi connectivity index (χ0v) is 20.8. The minimum atomic E-state index is -0.488. The number of nitrogens with one attached hydrogen (secondary N) is 1. The van der Waals surface area contributed by atoms with E-state index in [1.807, 2.05) is 30.3 Å². The molecular formula is C26H20Cl3N3O3. The number of ether oxygens (including phenoxy) is 1. The lowest BCUT2D eigenvalue weighted by molar-refractivity contribution is 0.0746. The quantitative estimate of drug-likeness (QED) is 0.298. The Balaban J connectivity index is 1.58. The number of aromatic nitrogens is 2. The van der Waals surface area contributed by atoms with Crippen molar-refractivity contribution in [1.82, 2.24) is 15.1 Å². The maximum atomic E-state index is 13.5. The molecule has 1 aliphatic heterocycles. The number of hydrogen-bond donors (Lipinski definition) is 2. The summed E-state index contributed by atoms with van der Waals surface area (Å²) in [4.78, 5) is 15.3. The average molecular weight is 529 g/mol. The van der Waals surface area contributed by atoms with Gasteiger partial charge in [-0.3, -0.25) is 9.89 Å². The van der Waals surface area contributed by atoms with E-state index < -0.39 is 6.04 Å². The molecule has 1 atom stereocenters. The molecular weight excluding hydrogens is 509 g/mol. The summed E-state index contributed by atoms with van der Waals surface area (Å²) in [5.41, 5.74) is 3.75. The molecule has 1 aromatic heterocycles. The summed E-state index contributed by atoms with van der Waals surface area (Å²) >= 11 is 18.7. The molecule has 3 aromatic carbocycles. The Kier molecular flexibility index (Phi) is 6.36. The maximum absolute atomic E-state index is 13.5. The number of carbonyl (C=O) groups is 1. The van der Waals surface area contributed by atoms with E-state index >= 15 is 0 Å². The van der Waals surface area contributed by atoms with E-state index in [2.05, 4.69) is 10.2 Å². The average Bonchev–Trinajstić information content (AvgIpc) is 3.40. The standard InChI is InChI=1S/C26H20Cl3N3O3/c1-35-17-6-2-14(3-7-17)10-11-32-25(15-4-8-19(28)20(29)12-15)22-23(30-31-24(22)26(32)34)18-13-16(27)5-9-21(18)33/h2-9,12-13,25,33H,10-11H2,1H3,(H,30,31). The molecule has 0 radical (unpaired) electrons. The largest absolute Gasteiger partial charge is 0.507 e. The van der Waals surface area contributed by atoms with Gasteiger partial charge in [-0.1, -0.05) is 53.0 Å². The van der Waals surface area contributed by atoms with Crippen molar-refractivity contribution in [3.05, 3.63) is 98.1 Å². The topological polar surface area (TPSA) is 78.5 Å². The fraction of sp³-hybridized carbons (Fsp3) is 0.154. The van der Waals surface area contributed by atoms with Crippen molar-refractivity contribution < 1.29 is 14.6 Å². The van der Waals surface area contributed by atoms with Crippen LogP contribution >= 0.6 is 34.8 Å². The Labute approximate surface area is 217 Å². The summed E-state index contributed by atoms with van der Waals surface area (Å²) in [7, 11) is 1.62. The number of phenolic OH excluding ortho intramolecular Hbond substituents is 1. The van der Waals surface area contributed by atoms with Gasteiger partial charge < -0.3 is 14.7 Å². The van der Waals surface area contributed by atoms with E-state index in [0.717, 1.165) is 16.9 Å². The van der Waals surface area contributed by atoms with Gasteiger partial charge in [-0.2, -0.15) is 5.10 Å². The Morgan fingerprint density at radius 3 is 2.51 bits per heavy atom. The molecule has 1 amide bonds. The van der Waals surface area contributed by atoms with E-state index in [4.69, 9.17) is 39.5 Å². The SMILES string of the molecule is COc1ccc(CCN2C(=O)c3[nH]nc(-c4cc(Cl)ccc4O)c3C2c2ccc(Cl)c(Cl)c2)cc1. The second-order valence-corrected chi connectivity index (χ2v) is 9.45. The van der Waals surface area contributed by atoms with Crippen molar-refractivity contribution in [3.8, 4) is 22.8 Å². The fourth-order valence-electron chi connectivity index (χ4n) is 4.40. The number of halogens is 3. The van der Waals surface area contributed by atoms with Gasteiger partial charge in [0.25, 0.3) is 5.91 Å². The van der Waals surface area contributed by atoms with E-state index in [0.29, 0.717) is 50.5 Å². The molecule has 0 aliphatic carbocycles. The molecule has 0 fully saturated rings. The van der Waals surface area contributed by atoms with Crippen LogP contribution in [0.4, 0.5) is 0 Å². The Hall–Kier alpha value is -3.19. The summed E-state index contributed by atoms with van der Waals surface area (Å²) in [5.74, 6) is 0.595. The van der Waals surface area contributed by atoms with Crippen molar-refractivity contribution in [2.45, 2.75) is 12.5 Å². The monoisotopic (exact) mass is 527 g/mol. The van der Waals surface area contributed by atoms with Crippen LogP contribution in [0.5, 0.6) is 11.5 Å². The zero-order valence-electron chi connectivity index (χ0n) is 18.6. The number of phenols is 1. The molecule has 0 spiro atoms. The summed E-state index contributed by atoms with van der Waals surface area (Å²) in [6.07, 6.45) is 0.628. The third-order valence-corrected chi connectivity index (χ3v) is 7.11. The van der Waals surface area contributed by atoms with Gasteiger partial charge in [0.1, 0.15) is 22.9 Å². The number of rotatable bonds is 6. The minimum Gasteiger partial charge on any atom is -0.507 e. The van der Waals surface area contributed by atoms with Crippen molar-refractivity contribution in [2.24, 2.45) is 0 Å². The van der Waals surface area contributed by atoms with Gasteiger partial charge in [0.05, 0.1) is 23.2 Å².